The fourth-order valence-electron chi connectivity index (χ4n) is 5.79. The molecule has 1 aromatic carbocycles. The van der Waals surface area contributed by atoms with E-state index in [4.69, 9.17) is 17.7 Å². The maximum atomic E-state index is 11.7. The first-order valence-corrected chi connectivity index (χ1v) is 17.8. The van der Waals surface area contributed by atoms with E-state index in [0.717, 1.165) is 5.56 Å². The van der Waals surface area contributed by atoms with Crippen molar-refractivity contribution in [2.75, 3.05) is 6.61 Å². The van der Waals surface area contributed by atoms with Crippen molar-refractivity contribution in [2.24, 2.45) is 4.99 Å². The molecule has 0 unspecified atom stereocenters. The molecule has 0 radical (unpaired) electrons. The van der Waals surface area contributed by atoms with Crippen molar-refractivity contribution in [2.45, 2.75) is 102 Å². The molecule has 4 rings (SSSR count). The molecule has 1 aromatic heterocycles. The number of benzene rings is 1. The number of fused-ring (bicyclic) bond motifs is 1. The molecule has 3 heterocycles. The summed E-state index contributed by atoms with van der Waals surface area (Å²) >= 11 is 0. The molecule has 0 saturated carbocycles. The van der Waals surface area contributed by atoms with Crippen LogP contribution in [0, 0.1) is 11.3 Å². The molecule has 4 atom stereocenters. The van der Waals surface area contributed by atoms with Gasteiger partial charge in [0, 0.05) is 6.21 Å². The maximum Gasteiger partial charge on any atom is 0.335 e. The molecule has 2 aliphatic rings. The molecule has 1 N–H and O–H groups in total. The second-order valence-corrected chi connectivity index (χ2v) is 20.6. The molecule has 212 valence electrons. The Morgan fingerprint density at radius 1 is 1.03 bits per heavy atom. The predicted molar refractivity (Wildman–Crippen MR) is 154 cm³/mol. The molecule has 2 aromatic rings. The monoisotopic (exact) mass is 570 g/mol. The minimum absolute atomic E-state index is 0.125. The lowest BCUT2D eigenvalue weighted by atomic mass is 10.1. The van der Waals surface area contributed by atoms with E-state index in [9.17, 15) is 10.4 Å². The van der Waals surface area contributed by atoms with Crippen molar-refractivity contribution in [1.29, 1.82) is 5.26 Å². The number of hydrogen-bond donors (Lipinski definition) is 1. The largest absolute Gasteiger partial charge is 0.414 e. The van der Waals surface area contributed by atoms with Gasteiger partial charge in [-0.3, -0.25) is 4.57 Å². The highest BCUT2D eigenvalue weighted by molar-refractivity contribution is 6.84. The minimum atomic E-state index is -2.92. The fraction of sp³-hybridized carbons (Fsp3) is 0.607. The molecule has 0 amide bonds. The number of nitriles is 1. The SMILES string of the molecule is CC(C)[Si]1(C(C)C)OC[C@H]2O[C@@H](n3cnc(C#N)c3N=Cc3ccccc3)[C@H](O)[C@@H]2O[Si](C(C)C)(C(C)C)O1. The van der Waals surface area contributed by atoms with Crippen LogP contribution in [0.5, 0.6) is 0 Å². The van der Waals surface area contributed by atoms with E-state index in [-0.39, 0.29) is 34.5 Å². The van der Waals surface area contributed by atoms with Crippen molar-refractivity contribution in [3.63, 3.8) is 0 Å². The lowest BCUT2D eigenvalue weighted by molar-refractivity contribution is -0.0577. The lowest BCUT2D eigenvalue weighted by Gasteiger charge is -2.51. The van der Waals surface area contributed by atoms with E-state index in [1.54, 1.807) is 10.8 Å². The second-order valence-electron chi connectivity index (χ2n) is 11.7. The van der Waals surface area contributed by atoms with Crippen molar-refractivity contribution < 1.29 is 22.8 Å². The average molecular weight is 571 g/mol. The van der Waals surface area contributed by atoms with E-state index < -0.39 is 41.7 Å². The summed E-state index contributed by atoms with van der Waals surface area (Å²) in [6, 6.07) is 11.7. The topological polar surface area (TPSA) is 111 Å². The van der Waals surface area contributed by atoms with Gasteiger partial charge in [-0.2, -0.15) is 5.26 Å². The van der Waals surface area contributed by atoms with Gasteiger partial charge in [-0.15, -0.1) is 0 Å². The molecular weight excluding hydrogens is 529 g/mol. The summed E-state index contributed by atoms with van der Waals surface area (Å²) < 4.78 is 29.1. The first kappa shape index (κ1) is 29.8. The van der Waals surface area contributed by atoms with Gasteiger partial charge in [0.25, 0.3) is 0 Å². The Morgan fingerprint density at radius 3 is 2.21 bits per heavy atom. The van der Waals surface area contributed by atoms with Crippen LogP contribution in [0.25, 0.3) is 0 Å². The lowest BCUT2D eigenvalue weighted by Crippen LogP contribution is -2.65. The Kier molecular flexibility index (Phi) is 8.97. The number of ether oxygens (including phenoxy) is 1. The minimum Gasteiger partial charge on any atom is -0.414 e. The maximum absolute atomic E-state index is 11.7. The first-order chi connectivity index (χ1) is 18.5. The highest BCUT2D eigenvalue weighted by Crippen LogP contribution is 2.48. The summed E-state index contributed by atoms with van der Waals surface area (Å²) in [5.41, 5.74) is 1.69. The second kappa shape index (κ2) is 11.7. The van der Waals surface area contributed by atoms with Gasteiger partial charge in [0.15, 0.2) is 17.7 Å². The van der Waals surface area contributed by atoms with Crippen LogP contribution in [-0.2, 0) is 17.7 Å². The Labute approximate surface area is 234 Å². The Bertz CT molecular complexity index is 1180. The van der Waals surface area contributed by atoms with Crippen LogP contribution in [0.2, 0.25) is 22.2 Å². The molecule has 2 saturated heterocycles. The van der Waals surface area contributed by atoms with Gasteiger partial charge in [-0.1, -0.05) is 85.7 Å². The van der Waals surface area contributed by atoms with E-state index in [1.807, 2.05) is 30.3 Å². The van der Waals surface area contributed by atoms with Gasteiger partial charge in [0.05, 0.1) is 6.61 Å². The Morgan fingerprint density at radius 2 is 1.64 bits per heavy atom. The summed E-state index contributed by atoms with van der Waals surface area (Å²) in [6.07, 6.45) is 0.118. The number of aliphatic hydroxyl groups is 1. The number of aliphatic hydroxyl groups excluding tert-OH is 1. The van der Waals surface area contributed by atoms with Crippen LogP contribution in [0.3, 0.4) is 0 Å². The third-order valence-corrected chi connectivity index (χ3v) is 18.2. The quantitative estimate of drug-likeness (QED) is 0.335. The first-order valence-electron chi connectivity index (χ1n) is 13.9. The third-order valence-electron chi connectivity index (χ3n) is 7.92. The molecule has 9 nitrogen and oxygen atoms in total. The number of nitrogens with zero attached hydrogens (tertiary/aromatic N) is 4. The molecule has 2 aliphatic heterocycles. The van der Waals surface area contributed by atoms with Crippen LogP contribution in [0.15, 0.2) is 41.7 Å². The Hall–Kier alpha value is -2.18. The zero-order valence-electron chi connectivity index (χ0n) is 24.2. The zero-order chi connectivity index (χ0) is 28.5. The summed E-state index contributed by atoms with van der Waals surface area (Å²) in [5, 5.41) is 21.4. The molecule has 0 spiro atoms. The molecule has 0 bridgehead atoms. The summed E-state index contributed by atoms with van der Waals surface area (Å²) in [6.45, 7) is 17.5. The highest BCUT2D eigenvalue weighted by atomic mass is 28.5. The van der Waals surface area contributed by atoms with E-state index in [2.05, 4.69) is 71.4 Å². The standard InChI is InChI=1S/C28H42N4O5Si2/c1-18(2)38(19(3)4)34-16-24-26(36-39(37-38,20(5)6)21(7)8)25(33)28(35-24)32-17-31-23(14-29)27(32)30-15-22-12-10-9-11-13-22/h9-13,15,17-21,24-26,28,33H,16H2,1-8H3/t24-,25-,26-,28-/m1/s1. The van der Waals surface area contributed by atoms with Gasteiger partial charge in [-0.05, 0) is 27.7 Å². The van der Waals surface area contributed by atoms with Crippen LogP contribution in [0.1, 0.15) is 72.9 Å². The van der Waals surface area contributed by atoms with Crippen molar-refractivity contribution in [1.82, 2.24) is 9.55 Å². The highest BCUT2D eigenvalue weighted by Gasteiger charge is 2.61. The van der Waals surface area contributed by atoms with Gasteiger partial charge in [0.2, 0.25) is 0 Å². The van der Waals surface area contributed by atoms with Crippen molar-refractivity contribution >= 4 is 29.2 Å². The summed E-state index contributed by atoms with van der Waals surface area (Å²) in [4.78, 5) is 8.83. The number of rotatable bonds is 7. The summed E-state index contributed by atoms with van der Waals surface area (Å²) in [5.74, 6) is 0.321. The molecule has 2 fully saturated rings. The van der Waals surface area contributed by atoms with Gasteiger partial charge >= 0.3 is 17.1 Å². The average Bonchev–Trinajstić information content (AvgIpc) is 3.42. The number of aromatic nitrogens is 2. The smallest absolute Gasteiger partial charge is 0.335 e. The van der Waals surface area contributed by atoms with Crippen LogP contribution in [-0.4, -0.2) is 62.9 Å². The van der Waals surface area contributed by atoms with E-state index in [1.165, 1.54) is 6.33 Å². The summed E-state index contributed by atoms with van der Waals surface area (Å²) in [7, 11) is -5.66. The van der Waals surface area contributed by atoms with Crippen LogP contribution in [0.4, 0.5) is 5.82 Å². The molecule has 39 heavy (non-hydrogen) atoms. The molecule has 0 aliphatic carbocycles. The Balaban J connectivity index is 1.74. The molecule has 11 heteroatoms. The van der Waals surface area contributed by atoms with Gasteiger partial charge < -0.3 is 22.8 Å². The zero-order valence-corrected chi connectivity index (χ0v) is 26.2. The van der Waals surface area contributed by atoms with Crippen molar-refractivity contribution in [3.8, 4) is 6.07 Å². The van der Waals surface area contributed by atoms with Crippen molar-refractivity contribution in [3.05, 3.63) is 47.9 Å². The number of hydrogen-bond acceptors (Lipinski definition) is 8. The number of aliphatic imine (C=N–C) groups is 1. The third kappa shape index (κ3) is 5.44. The normalized spacial score (nSPS) is 26.8. The van der Waals surface area contributed by atoms with Crippen LogP contribution >= 0.6 is 0 Å². The van der Waals surface area contributed by atoms with Crippen LogP contribution < -0.4 is 0 Å². The van der Waals surface area contributed by atoms with E-state index in [0.29, 0.717) is 5.82 Å². The molecular formula is C28H42N4O5Si2. The van der Waals surface area contributed by atoms with E-state index >= 15 is 0 Å². The fourth-order valence-corrected chi connectivity index (χ4v) is 17.0. The predicted octanol–water partition coefficient (Wildman–Crippen LogP) is 5.72. The van der Waals surface area contributed by atoms with Gasteiger partial charge in [0.1, 0.15) is 30.7 Å². The number of imidazole rings is 1. The van der Waals surface area contributed by atoms with Gasteiger partial charge in [-0.25, -0.2) is 9.98 Å².